The van der Waals surface area contributed by atoms with E-state index in [0.29, 0.717) is 6.42 Å². The number of alkyl halides is 4. The average molecular weight is 314 g/mol. The van der Waals surface area contributed by atoms with Gasteiger partial charge in [0.05, 0.1) is 12.3 Å². The van der Waals surface area contributed by atoms with Crippen molar-refractivity contribution in [2.75, 3.05) is 11.9 Å². The molecule has 0 bridgehead atoms. The van der Waals surface area contributed by atoms with Crippen molar-refractivity contribution in [3.63, 3.8) is 0 Å². The summed E-state index contributed by atoms with van der Waals surface area (Å²) in [4.78, 5) is 11.2. The first kappa shape index (κ1) is 16.6. The molecular formula is C12H12ClF4NO2. The molecule has 20 heavy (non-hydrogen) atoms. The monoisotopic (exact) mass is 313 g/mol. The minimum Gasteiger partial charge on any atom is -0.491 e. The maximum Gasteiger partial charge on any atom is 0.383 e. The van der Waals surface area contributed by atoms with Gasteiger partial charge >= 0.3 is 18.3 Å². The average Bonchev–Trinajstić information content (AvgIpc) is 2.37. The van der Waals surface area contributed by atoms with E-state index in [9.17, 15) is 22.4 Å². The number of halogens is 5. The van der Waals surface area contributed by atoms with Crippen molar-refractivity contribution < 1.29 is 27.1 Å². The number of hydrogen-bond donors (Lipinski definition) is 1. The lowest BCUT2D eigenvalue weighted by Crippen LogP contribution is -2.41. The number of rotatable bonds is 6. The standard InChI is InChI=1S/C12H12ClF4NO2/c1-2-5-20-9-4-3-7(13)6-8(9)18-11(19)12(16,17)10(14)15/h3-4,6,10H,2,5H2,1H3,(H,18,19). The third kappa shape index (κ3) is 4.00. The van der Waals surface area contributed by atoms with Crippen molar-refractivity contribution in [3.05, 3.63) is 23.2 Å². The fourth-order valence-corrected chi connectivity index (χ4v) is 1.41. The fraction of sp³-hybridized carbons (Fsp3) is 0.417. The van der Waals surface area contributed by atoms with E-state index in [1.54, 1.807) is 5.32 Å². The molecule has 0 heterocycles. The Morgan fingerprint density at radius 2 is 2.10 bits per heavy atom. The molecule has 0 aliphatic heterocycles. The minimum atomic E-state index is -4.79. The third-order valence-electron chi connectivity index (χ3n) is 2.23. The molecule has 0 radical (unpaired) electrons. The normalized spacial score (nSPS) is 11.6. The summed E-state index contributed by atoms with van der Waals surface area (Å²) < 4.78 is 55.1. The van der Waals surface area contributed by atoms with Crippen LogP contribution in [0.1, 0.15) is 13.3 Å². The number of amides is 1. The molecule has 8 heteroatoms. The second-order valence-electron chi connectivity index (χ2n) is 3.87. The molecule has 3 nitrogen and oxygen atoms in total. The zero-order valence-corrected chi connectivity index (χ0v) is 11.2. The molecule has 1 amide bonds. The summed E-state index contributed by atoms with van der Waals surface area (Å²) in [5.41, 5.74) is -0.184. The van der Waals surface area contributed by atoms with Crippen LogP contribution in [0.3, 0.4) is 0 Å². The van der Waals surface area contributed by atoms with Crippen LogP contribution in [0.25, 0.3) is 0 Å². The van der Waals surface area contributed by atoms with E-state index in [0.717, 1.165) is 6.07 Å². The van der Waals surface area contributed by atoms with Crippen LogP contribution in [-0.4, -0.2) is 24.9 Å². The Balaban J connectivity index is 2.95. The Bertz CT molecular complexity index is 483. The zero-order valence-electron chi connectivity index (χ0n) is 10.4. The number of anilines is 1. The first-order valence-electron chi connectivity index (χ1n) is 5.68. The molecule has 0 saturated carbocycles. The molecule has 0 fully saturated rings. The smallest absolute Gasteiger partial charge is 0.383 e. The van der Waals surface area contributed by atoms with Crippen LogP contribution in [-0.2, 0) is 4.79 Å². The summed E-state index contributed by atoms with van der Waals surface area (Å²) >= 11 is 5.67. The maximum atomic E-state index is 12.9. The van der Waals surface area contributed by atoms with Crippen molar-refractivity contribution in [1.29, 1.82) is 0 Å². The van der Waals surface area contributed by atoms with Gasteiger partial charge in [0.2, 0.25) is 0 Å². The van der Waals surface area contributed by atoms with Gasteiger partial charge in [-0.25, -0.2) is 8.78 Å². The van der Waals surface area contributed by atoms with Gasteiger partial charge in [-0.05, 0) is 24.6 Å². The van der Waals surface area contributed by atoms with Crippen LogP contribution in [0, 0.1) is 0 Å². The topological polar surface area (TPSA) is 38.3 Å². The van der Waals surface area contributed by atoms with E-state index in [1.807, 2.05) is 6.92 Å². The van der Waals surface area contributed by atoms with Gasteiger partial charge in [-0.3, -0.25) is 4.79 Å². The number of nitrogens with one attached hydrogen (secondary N) is 1. The largest absolute Gasteiger partial charge is 0.491 e. The first-order valence-corrected chi connectivity index (χ1v) is 6.06. The number of hydrogen-bond acceptors (Lipinski definition) is 2. The van der Waals surface area contributed by atoms with Gasteiger partial charge < -0.3 is 10.1 Å². The number of benzene rings is 1. The third-order valence-corrected chi connectivity index (χ3v) is 2.46. The van der Waals surface area contributed by atoms with Gasteiger partial charge in [0, 0.05) is 5.02 Å². The van der Waals surface area contributed by atoms with Crippen LogP contribution in [0.4, 0.5) is 23.2 Å². The summed E-state index contributed by atoms with van der Waals surface area (Å²) in [5, 5.41) is 1.85. The fourth-order valence-electron chi connectivity index (χ4n) is 1.24. The van der Waals surface area contributed by atoms with Crippen LogP contribution in [0.15, 0.2) is 18.2 Å². The first-order chi connectivity index (χ1) is 9.28. The second kappa shape index (κ2) is 6.78. The summed E-state index contributed by atoms with van der Waals surface area (Å²) in [6.07, 6.45) is -3.45. The van der Waals surface area contributed by atoms with Crippen LogP contribution in [0.5, 0.6) is 5.75 Å². The van der Waals surface area contributed by atoms with E-state index in [1.165, 1.54) is 12.1 Å². The van der Waals surface area contributed by atoms with Gasteiger partial charge in [0.25, 0.3) is 0 Å². The predicted molar refractivity (Wildman–Crippen MR) is 66.8 cm³/mol. The number of carbonyl (C=O) groups excluding carboxylic acids is 1. The Hall–Kier alpha value is -1.50. The molecule has 0 atom stereocenters. The van der Waals surface area contributed by atoms with E-state index < -0.39 is 18.3 Å². The molecule has 112 valence electrons. The van der Waals surface area contributed by atoms with E-state index in [4.69, 9.17) is 16.3 Å². The molecule has 1 rings (SSSR count). The summed E-state index contributed by atoms with van der Waals surface area (Å²) in [5.74, 6) is -6.82. The number of carbonyl (C=O) groups is 1. The molecule has 0 aromatic heterocycles. The van der Waals surface area contributed by atoms with Crippen molar-refractivity contribution in [3.8, 4) is 5.75 Å². The lowest BCUT2D eigenvalue weighted by Gasteiger charge is -2.17. The highest BCUT2D eigenvalue weighted by molar-refractivity contribution is 6.31. The van der Waals surface area contributed by atoms with E-state index >= 15 is 0 Å². The molecule has 1 aromatic carbocycles. The second-order valence-corrected chi connectivity index (χ2v) is 4.30. The van der Waals surface area contributed by atoms with Crippen molar-refractivity contribution in [1.82, 2.24) is 0 Å². The molecule has 1 aromatic rings. The van der Waals surface area contributed by atoms with Crippen LogP contribution >= 0.6 is 11.6 Å². The van der Waals surface area contributed by atoms with Crippen LogP contribution < -0.4 is 10.1 Å². The number of ether oxygens (including phenoxy) is 1. The highest BCUT2D eigenvalue weighted by Gasteiger charge is 2.49. The molecule has 0 unspecified atom stereocenters. The molecule has 1 N–H and O–H groups in total. The molecule has 0 saturated heterocycles. The van der Waals surface area contributed by atoms with Crippen molar-refractivity contribution in [2.24, 2.45) is 0 Å². The highest BCUT2D eigenvalue weighted by Crippen LogP contribution is 2.31. The maximum absolute atomic E-state index is 12.9. The lowest BCUT2D eigenvalue weighted by atomic mass is 10.2. The van der Waals surface area contributed by atoms with E-state index in [2.05, 4.69) is 0 Å². The Morgan fingerprint density at radius 3 is 2.65 bits per heavy atom. The van der Waals surface area contributed by atoms with Crippen LogP contribution in [0.2, 0.25) is 5.02 Å². The van der Waals surface area contributed by atoms with Gasteiger partial charge in [0.15, 0.2) is 0 Å². The Kier molecular flexibility index (Phi) is 5.62. The molecule has 0 spiro atoms. The highest BCUT2D eigenvalue weighted by atomic mass is 35.5. The summed E-state index contributed by atoms with van der Waals surface area (Å²) in [7, 11) is 0. The van der Waals surface area contributed by atoms with Gasteiger partial charge in [-0.2, -0.15) is 8.78 Å². The quantitative estimate of drug-likeness (QED) is 0.807. The van der Waals surface area contributed by atoms with E-state index in [-0.39, 0.29) is 23.1 Å². The Morgan fingerprint density at radius 1 is 1.45 bits per heavy atom. The predicted octanol–water partition coefficient (Wildman–Crippen LogP) is 3.97. The van der Waals surface area contributed by atoms with Gasteiger partial charge in [-0.15, -0.1) is 0 Å². The van der Waals surface area contributed by atoms with Crippen molar-refractivity contribution >= 4 is 23.2 Å². The molecule has 0 aliphatic carbocycles. The Labute approximate surface area is 117 Å². The zero-order chi connectivity index (χ0) is 15.3. The van der Waals surface area contributed by atoms with Gasteiger partial charge in [0.1, 0.15) is 5.75 Å². The SMILES string of the molecule is CCCOc1ccc(Cl)cc1NC(=O)C(F)(F)C(F)F. The summed E-state index contributed by atoms with van der Waals surface area (Å²) in [6.45, 7) is 2.09. The molecule has 0 aliphatic rings. The van der Waals surface area contributed by atoms with Crippen molar-refractivity contribution in [2.45, 2.75) is 25.7 Å². The lowest BCUT2D eigenvalue weighted by molar-refractivity contribution is -0.163. The summed E-state index contributed by atoms with van der Waals surface area (Å²) in [6, 6.07) is 3.92. The van der Waals surface area contributed by atoms with Gasteiger partial charge in [-0.1, -0.05) is 18.5 Å². The minimum absolute atomic E-state index is 0.0784. The molecular weight excluding hydrogens is 302 g/mol.